The van der Waals surface area contributed by atoms with Gasteiger partial charge in [-0.05, 0) is 37.4 Å². The van der Waals surface area contributed by atoms with E-state index in [0.717, 1.165) is 0 Å². The van der Waals surface area contributed by atoms with E-state index in [2.05, 4.69) is 0 Å². The number of likely N-dealkylation sites (N-methyl/N-ethyl adjacent to an activating group) is 2. The number of rotatable bonds is 2. The second kappa shape index (κ2) is 6.56. The molecule has 0 unspecified atom stereocenters. The van der Waals surface area contributed by atoms with Crippen LogP contribution in [0.15, 0.2) is 48.0 Å². The third kappa shape index (κ3) is 2.85. The number of hydrogen-bond acceptors (Lipinski definition) is 5. The molecule has 2 aliphatic rings. The number of nitrogens with zero attached hydrogens (tertiary/aromatic N) is 3. The van der Waals surface area contributed by atoms with Gasteiger partial charge in [0, 0.05) is 20.2 Å². The first-order valence-electron chi connectivity index (χ1n) is 7.67. The van der Waals surface area contributed by atoms with Crippen LogP contribution in [0.1, 0.15) is 6.92 Å². The van der Waals surface area contributed by atoms with Crippen LogP contribution in [0.3, 0.4) is 0 Å². The van der Waals surface area contributed by atoms with Crippen LogP contribution in [0.4, 0.5) is 10.5 Å². The highest BCUT2D eigenvalue weighted by Gasteiger charge is 2.34. The fourth-order valence-corrected chi connectivity index (χ4v) is 2.73. The van der Waals surface area contributed by atoms with Gasteiger partial charge in [0.15, 0.2) is 10.9 Å². The van der Waals surface area contributed by atoms with Crippen molar-refractivity contribution < 1.29 is 19.1 Å². The summed E-state index contributed by atoms with van der Waals surface area (Å²) >= 11 is 5.18. The molecule has 0 aliphatic carbocycles. The van der Waals surface area contributed by atoms with Crippen LogP contribution in [0.5, 0.6) is 5.75 Å². The largest absolute Gasteiger partial charge is 0.449 e. The molecular formula is C17H17N3O4S. The molecule has 2 aliphatic heterocycles. The monoisotopic (exact) mass is 359 g/mol. The number of allylic oxidation sites excluding steroid dienone is 2. The SMILES string of the molecule is CCOC(=O)N1/C(=C\C=C2\C(=O)N(C)C(=S)N2C)Oc2ccccc21. The second-order valence-corrected chi connectivity index (χ2v) is 5.73. The van der Waals surface area contributed by atoms with Gasteiger partial charge < -0.3 is 14.4 Å². The molecule has 2 heterocycles. The van der Waals surface area contributed by atoms with Crippen molar-refractivity contribution in [3.63, 3.8) is 0 Å². The highest BCUT2D eigenvalue weighted by atomic mass is 32.1. The smallest absolute Gasteiger partial charge is 0.421 e. The van der Waals surface area contributed by atoms with Gasteiger partial charge in [0.05, 0.1) is 12.3 Å². The number of carbonyl (C=O) groups is 2. The number of hydrogen-bond donors (Lipinski definition) is 0. The van der Waals surface area contributed by atoms with Gasteiger partial charge in [-0.1, -0.05) is 12.1 Å². The van der Waals surface area contributed by atoms with E-state index in [4.69, 9.17) is 21.7 Å². The van der Waals surface area contributed by atoms with Crippen molar-refractivity contribution >= 4 is 35.0 Å². The summed E-state index contributed by atoms with van der Waals surface area (Å²) in [6.07, 6.45) is 2.59. The number of para-hydroxylation sites is 2. The van der Waals surface area contributed by atoms with Crippen molar-refractivity contribution in [3.8, 4) is 5.75 Å². The zero-order chi connectivity index (χ0) is 18.1. The van der Waals surface area contributed by atoms with E-state index >= 15 is 0 Å². The Morgan fingerprint density at radius 2 is 1.96 bits per heavy atom. The topological polar surface area (TPSA) is 62.3 Å². The molecule has 1 saturated heterocycles. The van der Waals surface area contributed by atoms with Gasteiger partial charge in [0.2, 0.25) is 5.88 Å². The number of anilines is 1. The Labute approximate surface area is 150 Å². The molecule has 7 nitrogen and oxygen atoms in total. The molecule has 25 heavy (non-hydrogen) atoms. The Bertz CT molecular complexity index is 818. The number of carbonyl (C=O) groups excluding carboxylic acids is 2. The first kappa shape index (κ1) is 17.0. The highest BCUT2D eigenvalue weighted by molar-refractivity contribution is 7.80. The molecule has 0 spiro atoms. The first-order chi connectivity index (χ1) is 12.0. The third-order valence-electron chi connectivity index (χ3n) is 3.83. The lowest BCUT2D eigenvalue weighted by atomic mass is 10.3. The molecule has 0 N–H and O–H groups in total. The summed E-state index contributed by atoms with van der Waals surface area (Å²) < 4.78 is 10.8. The molecule has 2 amide bonds. The van der Waals surface area contributed by atoms with Crippen molar-refractivity contribution in [2.24, 2.45) is 0 Å². The molecule has 0 atom stereocenters. The van der Waals surface area contributed by atoms with Crippen LogP contribution in [0, 0.1) is 0 Å². The lowest BCUT2D eigenvalue weighted by Crippen LogP contribution is -2.29. The number of thiocarbonyl (C=S) groups is 1. The Kier molecular flexibility index (Phi) is 4.45. The molecule has 130 valence electrons. The van der Waals surface area contributed by atoms with E-state index in [9.17, 15) is 9.59 Å². The van der Waals surface area contributed by atoms with Crippen LogP contribution in [-0.4, -0.2) is 47.6 Å². The molecule has 3 rings (SSSR count). The van der Waals surface area contributed by atoms with Crippen molar-refractivity contribution in [3.05, 3.63) is 48.0 Å². The maximum Gasteiger partial charge on any atom is 0.421 e. The predicted octanol–water partition coefficient (Wildman–Crippen LogP) is 2.46. The molecule has 0 bridgehead atoms. The van der Waals surface area contributed by atoms with Gasteiger partial charge in [0.25, 0.3) is 5.91 Å². The van der Waals surface area contributed by atoms with Crippen LogP contribution >= 0.6 is 12.2 Å². The predicted molar refractivity (Wildman–Crippen MR) is 95.9 cm³/mol. The Morgan fingerprint density at radius 3 is 2.60 bits per heavy atom. The summed E-state index contributed by atoms with van der Waals surface area (Å²) in [4.78, 5) is 28.8. The summed E-state index contributed by atoms with van der Waals surface area (Å²) in [6, 6.07) is 7.13. The maximum atomic E-state index is 12.3. The fraction of sp³-hybridized carbons (Fsp3) is 0.235. The lowest BCUT2D eigenvalue weighted by Gasteiger charge is -2.15. The maximum absolute atomic E-state index is 12.3. The van der Waals surface area contributed by atoms with E-state index in [1.807, 2.05) is 6.07 Å². The Morgan fingerprint density at radius 1 is 1.24 bits per heavy atom. The van der Waals surface area contributed by atoms with Gasteiger partial charge in [0.1, 0.15) is 5.70 Å². The molecule has 0 saturated carbocycles. The van der Waals surface area contributed by atoms with Crippen molar-refractivity contribution in [1.29, 1.82) is 0 Å². The average Bonchev–Trinajstić information content (AvgIpc) is 3.05. The van der Waals surface area contributed by atoms with Gasteiger partial charge in [-0.25, -0.2) is 9.69 Å². The third-order valence-corrected chi connectivity index (χ3v) is 4.38. The van der Waals surface area contributed by atoms with Gasteiger partial charge in [-0.15, -0.1) is 0 Å². The Balaban J connectivity index is 1.97. The summed E-state index contributed by atoms with van der Waals surface area (Å²) in [5.74, 6) is 0.579. The van der Waals surface area contributed by atoms with Crippen molar-refractivity contribution in [2.45, 2.75) is 6.92 Å². The summed E-state index contributed by atoms with van der Waals surface area (Å²) in [6.45, 7) is 1.97. The summed E-state index contributed by atoms with van der Waals surface area (Å²) in [7, 11) is 3.32. The number of amides is 2. The van der Waals surface area contributed by atoms with Crippen LogP contribution in [-0.2, 0) is 9.53 Å². The van der Waals surface area contributed by atoms with Crippen LogP contribution in [0.25, 0.3) is 0 Å². The summed E-state index contributed by atoms with van der Waals surface area (Å²) in [5.41, 5.74) is 0.979. The number of benzene rings is 1. The van der Waals surface area contributed by atoms with E-state index in [-0.39, 0.29) is 18.4 Å². The molecule has 1 fully saturated rings. The minimum atomic E-state index is -0.546. The van der Waals surface area contributed by atoms with Crippen LogP contribution < -0.4 is 9.64 Å². The molecular weight excluding hydrogens is 342 g/mol. The average molecular weight is 359 g/mol. The number of ether oxygens (including phenoxy) is 2. The molecule has 0 aromatic heterocycles. The minimum absolute atomic E-state index is 0.220. The standard InChI is InChI=1S/C17H17N3O4S/c1-4-23-17(22)20-11-7-5-6-8-13(11)24-14(20)10-9-12-15(21)19(3)16(25)18(12)2/h5-10H,4H2,1-3H3/b12-9-,14-10+. The quantitative estimate of drug-likeness (QED) is 0.597. The van der Waals surface area contributed by atoms with Crippen molar-refractivity contribution in [1.82, 2.24) is 9.80 Å². The lowest BCUT2D eigenvalue weighted by molar-refractivity contribution is -0.121. The van der Waals surface area contributed by atoms with E-state index in [1.54, 1.807) is 56.3 Å². The number of fused-ring (bicyclic) bond motifs is 1. The fourth-order valence-electron chi connectivity index (χ4n) is 2.55. The van der Waals surface area contributed by atoms with E-state index in [1.165, 1.54) is 9.80 Å². The van der Waals surface area contributed by atoms with Crippen LogP contribution in [0.2, 0.25) is 0 Å². The summed E-state index contributed by atoms with van der Waals surface area (Å²) in [5, 5.41) is 0.410. The van der Waals surface area contributed by atoms with Gasteiger partial charge in [-0.2, -0.15) is 0 Å². The molecule has 0 radical (unpaired) electrons. The highest BCUT2D eigenvalue weighted by Crippen LogP contribution is 2.39. The zero-order valence-corrected chi connectivity index (χ0v) is 14.9. The zero-order valence-electron chi connectivity index (χ0n) is 14.1. The first-order valence-corrected chi connectivity index (χ1v) is 8.08. The van der Waals surface area contributed by atoms with E-state index < -0.39 is 6.09 Å². The van der Waals surface area contributed by atoms with E-state index in [0.29, 0.717) is 22.2 Å². The second-order valence-electron chi connectivity index (χ2n) is 5.37. The van der Waals surface area contributed by atoms with Gasteiger partial charge >= 0.3 is 6.09 Å². The minimum Gasteiger partial charge on any atom is -0.449 e. The van der Waals surface area contributed by atoms with Gasteiger partial charge in [-0.3, -0.25) is 9.69 Å². The Hall–Kier alpha value is -2.87. The molecule has 1 aromatic carbocycles. The molecule has 1 aromatic rings. The molecule has 8 heteroatoms. The van der Waals surface area contributed by atoms with Crippen molar-refractivity contribution in [2.75, 3.05) is 25.6 Å². The normalized spacial score (nSPS) is 19.7.